The van der Waals surface area contributed by atoms with Gasteiger partial charge in [0.05, 0.1) is 30.0 Å². The van der Waals surface area contributed by atoms with Gasteiger partial charge in [-0.15, -0.1) is 0 Å². The molecule has 0 aliphatic carbocycles. The third kappa shape index (κ3) is 3.96. The zero-order valence-corrected chi connectivity index (χ0v) is 12.7. The molecule has 0 atom stereocenters. The van der Waals surface area contributed by atoms with Crippen LogP contribution in [0.2, 0.25) is 0 Å². The molecule has 0 unspecified atom stereocenters. The van der Waals surface area contributed by atoms with Crippen LogP contribution in [0.25, 0.3) is 0 Å². The predicted octanol–water partition coefficient (Wildman–Crippen LogP) is 1.92. The lowest BCUT2D eigenvalue weighted by Gasteiger charge is -2.09. The Morgan fingerprint density at radius 2 is 1.58 bits per heavy atom. The molecule has 0 heterocycles. The van der Waals surface area contributed by atoms with Crippen molar-refractivity contribution in [2.75, 3.05) is 17.7 Å². The number of ether oxygens (including phenoxy) is 1. The number of rotatable bonds is 3. The predicted molar refractivity (Wildman–Crippen MR) is 86.2 cm³/mol. The Morgan fingerprint density at radius 3 is 2.21 bits per heavy atom. The summed E-state index contributed by atoms with van der Waals surface area (Å²) < 4.78 is 4.62. The molecule has 2 aromatic carbocycles. The molecule has 7 nitrogen and oxygen atoms in total. The van der Waals surface area contributed by atoms with Gasteiger partial charge in [-0.05, 0) is 36.4 Å². The first-order valence-electron chi connectivity index (χ1n) is 6.85. The van der Waals surface area contributed by atoms with Crippen LogP contribution in [0.5, 0.6) is 0 Å². The van der Waals surface area contributed by atoms with Gasteiger partial charge in [-0.1, -0.05) is 12.1 Å². The van der Waals surface area contributed by atoms with Crippen molar-refractivity contribution in [3.8, 4) is 6.07 Å². The number of hydrogen-bond acceptors (Lipinski definition) is 5. The van der Waals surface area contributed by atoms with Gasteiger partial charge in [-0.3, -0.25) is 9.59 Å². The summed E-state index contributed by atoms with van der Waals surface area (Å²) in [5.74, 6) is -2.46. The third-order valence-corrected chi connectivity index (χ3v) is 3.06. The van der Waals surface area contributed by atoms with Crippen LogP contribution in [0.4, 0.5) is 11.4 Å². The van der Waals surface area contributed by atoms with E-state index >= 15 is 0 Å². The highest BCUT2D eigenvalue weighted by Gasteiger charge is 2.18. The molecule has 24 heavy (non-hydrogen) atoms. The van der Waals surface area contributed by atoms with E-state index in [0.29, 0.717) is 11.3 Å². The van der Waals surface area contributed by atoms with Crippen LogP contribution in [-0.4, -0.2) is 24.9 Å². The van der Waals surface area contributed by atoms with E-state index in [4.69, 9.17) is 5.26 Å². The van der Waals surface area contributed by atoms with Crippen LogP contribution in [0.15, 0.2) is 48.5 Å². The van der Waals surface area contributed by atoms with Crippen molar-refractivity contribution in [2.24, 2.45) is 0 Å². The van der Waals surface area contributed by atoms with Gasteiger partial charge in [0.15, 0.2) is 0 Å². The van der Waals surface area contributed by atoms with Gasteiger partial charge >= 0.3 is 17.8 Å². The fourth-order valence-electron chi connectivity index (χ4n) is 1.88. The first-order valence-corrected chi connectivity index (χ1v) is 6.85. The molecular formula is C17H13N3O4. The standard InChI is InChI=1S/C17H13N3O4/c1-24-17(23)13-4-2-3-5-14(13)20-16(22)15(21)19-12-8-6-11(10-18)7-9-12/h2-9H,1H3,(H,19,21)(H,20,22). The molecule has 0 aromatic heterocycles. The van der Waals surface area contributed by atoms with E-state index in [0.717, 1.165) is 0 Å². The first-order chi connectivity index (χ1) is 11.5. The van der Waals surface area contributed by atoms with Crippen molar-refractivity contribution in [3.05, 3.63) is 59.7 Å². The molecule has 2 amide bonds. The van der Waals surface area contributed by atoms with E-state index in [2.05, 4.69) is 15.4 Å². The number of carbonyl (C=O) groups excluding carboxylic acids is 3. The minimum Gasteiger partial charge on any atom is -0.465 e. The van der Waals surface area contributed by atoms with Crippen LogP contribution in [0.1, 0.15) is 15.9 Å². The summed E-state index contributed by atoms with van der Waals surface area (Å²) >= 11 is 0. The second-order valence-corrected chi connectivity index (χ2v) is 4.63. The highest BCUT2D eigenvalue weighted by Crippen LogP contribution is 2.16. The van der Waals surface area contributed by atoms with E-state index in [1.807, 2.05) is 6.07 Å². The van der Waals surface area contributed by atoms with Crippen molar-refractivity contribution in [3.63, 3.8) is 0 Å². The van der Waals surface area contributed by atoms with Crippen LogP contribution < -0.4 is 10.6 Å². The minimum absolute atomic E-state index is 0.138. The van der Waals surface area contributed by atoms with Crippen molar-refractivity contribution < 1.29 is 19.1 Å². The number of amides is 2. The highest BCUT2D eigenvalue weighted by atomic mass is 16.5. The Hall–Kier alpha value is -3.66. The molecule has 120 valence electrons. The average Bonchev–Trinajstić information content (AvgIpc) is 2.62. The number of para-hydroxylation sites is 1. The highest BCUT2D eigenvalue weighted by molar-refractivity contribution is 6.43. The zero-order chi connectivity index (χ0) is 17.5. The topological polar surface area (TPSA) is 108 Å². The summed E-state index contributed by atoms with van der Waals surface area (Å²) in [5.41, 5.74) is 1.11. The van der Waals surface area contributed by atoms with E-state index < -0.39 is 17.8 Å². The first kappa shape index (κ1) is 16.7. The molecule has 0 saturated carbocycles. The van der Waals surface area contributed by atoms with Gasteiger partial charge in [0.2, 0.25) is 0 Å². The summed E-state index contributed by atoms with van der Waals surface area (Å²) in [6.45, 7) is 0. The summed E-state index contributed by atoms with van der Waals surface area (Å²) in [6, 6.07) is 14.2. The lowest BCUT2D eigenvalue weighted by atomic mass is 10.2. The number of carbonyl (C=O) groups is 3. The normalized spacial score (nSPS) is 9.50. The van der Waals surface area contributed by atoms with E-state index in [1.165, 1.54) is 43.5 Å². The smallest absolute Gasteiger partial charge is 0.339 e. The SMILES string of the molecule is COC(=O)c1ccccc1NC(=O)C(=O)Nc1ccc(C#N)cc1. The Kier molecular flexibility index (Phi) is 5.26. The van der Waals surface area contributed by atoms with Crippen LogP contribution in [-0.2, 0) is 14.3 Å². The Labute approximate surface area is 137 Å². The monoisotopic (exact) mass is 323 g/mol. The lowest BCUT2D eigenvalue weighted by molar-refractivity contribution is -0.133. The third-order valence-electron chi connectivity index (χ3n) is 3.06. The van der Waals surface area contributed by atoms with Gasteiger partial charge in [-0.2, -0.15) is 5.26 Å². The summed E-state index contributed by atoms with van der Waals surface area (Å²) in [5, 5.41) is 13.5. The molecule has 0 radical (unpaired) electrons. The van der Waals surface area contributed by atoms with Crippen LogP contribution in [0, 0.1) is 11.3 Å². The number of benzene rings is 2. The summed E-state index contributed by atoms with van der Waals surface area (Å²) in [4.78, 5) is 35.5. The molecule has 2 rings (SSSR count). The number of nitrogens with zero attached hydrogens (tertiary/aromatic N) is 1. The molecule has 0 aliphatic rings. The molecule has 0 aliphatic heterocycles. The molecule has 0 bridgehead atoms. The van der Waals surface area contributed by atoms with Crippen molar-refractivity contribution in [1.29, 1.82) is 5.26 Å². The van der Waals surface area contributed by atoms with Crippen molar-refractivity contribution in [1.82, 2.24) is 0 Å². The second-order valence-electron chi connectivity index (χ2n) is 4.63. The molecule has 7 heteroatoms. The molecule has 2 aromatic rings. The molecule has 0 fully saturated rings. The minimum atomic E-state index is -0.935. The van der Waals surface area contributed by atoms with Crippen molar-refractivity contribution >= 4 is 29.2 Å². The van der Waals surface area contributed by atoms with Crippen LogP contribution in [0.3, 0.4) is 0 Å². The Bertz CT molecular complexity index is 822. The number of nitriles is 1. The van der Waals surface area contributed by atoms with E-state index in [9.17, 15) is 14.4 Å². The number of anilines is 2. The summed E-state index contributed by atoms with van der Waals surface area (Å²) in [7, 11) is 1.22. The van der Waals surface area contributed by atoms with Gasteiger partial charge in [0, 0.05) is 5.69 Å². The maximum atomic E-state index is 12.0. The fourth-order valence-corrected chi connectivity index (χ4v) is 1.88. The molecule has 0 saturated heterocycles. The lowest BCUT2D eigenvalue weighted by Crippen LogP contribution is -2.29. The van der Waals surface area contributed by atoms with E-state index in [-0.39, 0.29) is 11.3 Å². The number of esters is 1. The quantitative estimate of drug-likeness (QED) is 0.662. The van der Waals surface area contributed by atoms with Crippen LogP contribution >= 0.6 is 0 Å². The second kappa shape index (κ2) is 7.56. The van der Waals surface area contributed by atoms with Crippen molar-refractivity contribution in [2.45, 2.75) is 0 Å². The Morgan fingerprint density at radius 1 is 0.958 bits per heavy atom. The van der Waals surface area contributed by atoms with Gasteiger partial charge < -0.3 is 15.4 Å². The molecule has 2 N–H and O–H groups in total. The van der Waals surface area contributed by atoms with E-state index in [1.54, 1.807) is 12.1 Å². The average molecular weight is 323 g/mol. The molecular weight excluding hydrogens is 310 g/mol. The largest absolute Gasteiger partial charge is 0.465 e. The van der Waals surface area contributed by atoms with Gasteiger partial charge in [0.1, 0.15) is 0 Å². The number of hydrogen-bond donors (Lipinski definition) is 2. The van der Waals surface area contributed by atoms with Gasteiger partial charge in [0.25, 0.3) is 0 Å². The summed E-state index contributed by atoms with van der Waals surface area (Å²) in [6.07, 6.45) is 0. The maximum absolute atomic E-state index is 12.0. The fraction of sp³-hybridized carbons (Fsp3) is 0.0588. The number of nitrogens with one attached hydrogen (secondary N) is 2. The Balaban J connectivity index is 2.08. The van der Waals surface area contributed by atoms with Gasteiger partial charge in [-0.25, -0.2) is 4.79 Å². The maximum Gasteiger partial charge on any atom is 0.339 e. The zero-order valence-electron chi connectivity index (χ0n) is 12.7. The number of methoxy groups -OCH3 is 1. The molecule has 0 spiro atoms.